The van der Waals surface area contributed by atoms with Gasteiger partial charge in [-0.25, -0.2) is 4.79 Å². The van der Waals surface area contributed by atoms with E-state index in [0.29, 0.717) is 5.75 Å². The lowest BCUT2D eigenvalue weighted by atomic mass is 9.82. The lowest BCUT2D eigenvalue weighted by Gasteiger charge is -2.23. The number of carboxylic acid groups (broad SMARTS) is 1. The van der Waals surface area contributed by atoms with E-state index in [1.807, 2.05) is 12.1 Å². The SMILES string of the molecule is CCC(C)(C)c1ccc(OCC(=O)Nc2ccc([O-])cc2C(=O)O)cc1. The van der Waals surface area contributed by atoms with Crippen molar-refractivity contribution in [3.8, 4) is 11.5 Å². The number of aromatic carboxylic acids is 1. The second-order valence-corrected chi connectivity index (χ2v) is 6.61. The summed E-state index contributed by atoms with van der Waals surface area (Å²) in [6, 6.07) is 11.0. The quantitative estimate of drug-likeness (QED) is 0.794. The van der Waals surface area contributed by atoms with Crippen LogP contribution < -0.4 is 15.2 Å². The molecule has 2 aromatic carbocycles. The summed E-state index contributed by atoms with van der Waals surface area (Å²) in [4.78, 5) is 23.2. The van der Waals surface area contributed by atoms with Crippen molar-refractivity contribution in [2.75, 3.05) is 11.9 Å². The molecule has 0 fully saturated rings. The van der Waals surface area contributed by atoms with Gasteiger partial charge in [-0.05, 0) is 35.6 Å². The summed E-state index contributed by atoms with van der Waals surface area (Å²) in [6.07, 6.45) is 1.00. The Bertz CT molecular complexity index is 796. The fourth-order valence-corrected chi connectivity index (χ4v) is 2.35. The first-order valence-corrected chi connectivity index (χ1v) is 8.30. The predicted octanol–water partition coefficient (Wildman–Crippen LogP) is 3.16. The Labute approximate surface area is 152 Å². The van der Waals surface area contributed by atoms with Crippen LogP contribution in [0, 0.1) is 0 Å². The van der Waals surface area contributed by atoms with Gasteiger partial charge < -0.3 is 20.3 Å². The second-order valence-electron chi connectivity index (χ2n) is 6.61. The third-order valence-electron chi connectivity index (χ3n) is 4.39. The maximum atomic E-state index is 12.0. The molecule has 2 aromatic rings. The van der Waals surface area contributed by atoms with Crippen LogP contribution in [0.4, 0.5) is 5.69 Å². The number of ether oxygens (including phenoxy) is 1. The highest BCUT2D eigenvalue weighted by Crippen LogP contribution is 2.28. The van der Waals surface area contributed by atoms with Gasteiger partial charge in [0.15, 0.2) is 6.61 Å². The lowest BCUT2D eigenvalue weighted by Crippen LogP contribution is -2.21. The zero-order chi connectivity index (χ0) is 19.3. The molecule has 0 heterocycles. The van der Waals surface area contributed by atoms with E-state index in [-0.39, 0.29) is 23.3 Å². The molecule has 0 unspecified atom stereocenters. The van der Waals surface area contributed by atoms with E-state index < -0.39 is 17.6 Å². The van der Waals surface area contributed by atoms with Gasteiger partial charge in [0.25, 0.3) is 5.91 Å². The van der Waals surface area contributed by atoms with Gasteiger partial charge in [-0.1, -0.05) is 45.0 Å². The number of nitrogens with one attached hydrogen (secondary N) is 1. The van der Waals surface area contributed by atoms with E-state index in [9.17, 15) is 14.7 Å². The number of benzene rings is 2. The molecule has 0 saturated heterocycles. The standard InChI is InChI=1S/C20H23NO5/c1-4-20(2,3)13-5-8-15(9-6-13)26-12-18(23)21-17-10-7-14(22)11-16(17)19(24)25/h5-11,22H,4,12H2,1-3H3,(H,21,23)(H,24,25)/p-1. The van der Waals surface area contributed by atoms with Gasteiger partial charge in [0.2, 0.25) is 0 Å². The molecule has 0 bridgehead atoms. The molecular weight excluding hydrogens is 334 g/mol. The Hall–Kier alpha value is -3.02. The van der Waals surface area contributed by atoms with Crippen molar-refractivity contribution in [3.63, 3.8) is 0 Å². The number of carbonyl (C=O) groups excluding carboxylic acids is 1. The molecular formula is C20H22NO5-. The monoisotopic (exact) mass is 356 g/mol. The first-order valence-electron chi connectivity index (χ1n) is 8.30. The average Bonchev–Trinajstić information content (AvgIpc) is 2.61. The van der Waals surface area contributed by atoms with Crippen molar-refractivity contribution in [2.24, 2.45) is 0 Å². The molecule has 0 aliphatic carbocycles. The number of hydrogen-bond donors (Lipinski definition) is 2. The van der Waals surface area contributed by atoms with Gasteiger partial charge in [-0.3, -0.25) is 4.79 Å². The summed E-state index contributed by atoms with van der Waals surface area (Å²) in [5.74, 6) is -1.69. The van der Waals surface area contributed by atoms with Crippen LogP contribution >= 0.6 is 0 Å². The Morgan fingerprint density at radius 2 is 1.81 bits per heavy atom. The van der Waals surface area contributed by atoms with Crippen LogP contribution in [0.15, 0.2) is 42.5 Å². The molecule has 0 saturated carbocycles. The maximum Gasteiger partial charge on any atom is 0.337 e. The Morgan fingerprint density at radius 3 is 2.38 bits per heavy atom. The topological polar surface area (TPSA) is 98.7 Å². The molecule has 0 aliphatic rings. The van der Waals surface area contributed by atoms with Crippen LogP contribution in [0.1, 0.15) is 43.1 Å². The summed E-state index contributed by atoms with van der Waals surface area (Å²) in [6.45, 7) is 6.17. The number of carboxylic acids is 1. The predicted molar refractivity (Wildman–Crippen MR) is 96.7 cm³/mol. The van der Waals surface area contributed by atoms with E-state index in [4.69, 9.17) is 9.84 Å². The zero-order valence-corrected chi connectivity index (χ0v) is 15.0. The Balaban J connectivity index is 1.98. The van der Waals surface area contributed by atoms with Gasteiger partial charge >= 0.3 is 5.97 Å². The first-order chi connectivity index (χ1) is 12.2. The summed E-state index contributed by atoms with van der Waals surface area (Å²) in [5, 5.41) is 22.8. The summed E-state index contributed by atoms with van der Waals surface area (Å²) < 4.78 is 5.44. The maximum absolute atomic E-state index is 12.0. The lowest BCUT2D eigenvalue weighted by molar-refractivity contribution is -0.268. The fraction of sp³-hybridized carbons (Fsp3) is 0.300. The third kappa shape index (κ3) is 4.75. The van der Waals surface area contributed by atoms with Crippen LogP contribution in [0.3, 0.4) is 0 Å². The van der Waals surface area contributed by atoms with Crippen molar-refractivity contribution in [3.05, 3.63) is 53.6 Å². The second kappa shape index (κ2) is 7.91. The van der Waals surface area contributed by atoms with E-state index in [0.717, 1.165) is 12.5 Å². The van der Waals surface area contributed by atoms with E-state index in [1.165, 1.54) is 17.7 Å². The minimum Gasteiger partial charge on any atom is -0.872 e. The normalized spacial score (nSPS) is 11.0. The van der Waals surface area contributed by atoms with Crippen LogP contribution in [0.25, 0.3) is 0 Å². The zero-order valence-electron chi connectivity index (χ0n) is 15.0. The van der Waals surface area contributed by atoms with E-state index in [2.05, 4.69) is 26.1 Å². The Kier molecular flexibility index (Phi) is 5.87. The van der Waals surface area contributed by atoms with Gasteiger partial charge in [-0.15, -0.1) is 5.75 Å². The summed E-state index contributed by atoms with van der Waals surface area (Å²) in [7, 11) is 0. The highest BCUT2D eigenvalue weighted by Gasteiger charge is 2.18. The molecule has 0 aliphatic heterocycles. The Morgan fingerprint density at radius 1 is 1.15 bits per heavy atom. The van der Waals surface area contributed by atoms with E-state index >= 15 is 0 Å². The van der Waals surface area contributed by atoms with Crippen molar-refractivity contribution < 1.29 is 24.5 Å². The van der Waals surface area contributed by atoms with Crippen molar-refractivity contribution in [2.45, 2.75) is 32.6 Å². The fourth-order valence-electron chi connectivity index (χ4n) is 2.35. The highest BCUT2D eigenvalue weighted by molar-refractivity contribution is 6.01. The van der Waals surface area contributed by atoms with Crippen molar-refractivity contribution >= 4 is 17.6 Å². The van der Waals surface area contributed by atoms with E-state index in [1.54, 1.807) is 12.1 Å². The summed E-state index contributed by atoms with van der Waals surface area (Å²) in [5.41, 5.74) is 1.06. The minimum absolute atomic E-state index is 0.0609. The van der Waals surface area contributed by atoms with Crippen molar-refractivity contribution in [1.82, 2.24) is 0 Å². The molecule has 1 amide bonds. The van der Waals surface area contributed by atoms with Gasteiger partial charge in [0, 0.05) is 0 Å². The number of carbonyl (C=O) groups is 2. The number of rotatable bonds is 7. The molecule has 6 nitrogen and oxygen atoms in total. The van der Waals surface area contributed by atoms with Gasteiger partial charge in [0.05, 0.1) is 11.3 Å². The minimum atomic E-state index is -1.28. The molecule has 0 radical (unpaired) electrons. The molecule has 138 valence electrons. The molecule has 0 aromatic heterocycles. The molecule has 0 spiro atoms. The van der Waals surface area contributed by atoms with Gasteiger partial charge in [0.1, 0.15) is 5.75 Å². The molecule has 26 heavy (non-hydrogen) atoms. The largest absolute Gasteiger partial charge is 0.872 e. The van der Waals surface area contributed by atoms with Gasteiger partial charge in [-0.2, -0.15) is 0 Å². The highest BCUT2D eigenvalue weighted by atomic mass is 16.5. The smallest absolute Gasteiger partial charge is 0.337 e. The van der Waals surface area contributed by atoms with Crippen LogP contribution in [-0.2, 0) is 10.2 Å². The molecule has 0 atom stereocenters. The average molecular weight is 356 g/mol. The van der Waals surface area contributed by atoms with Crippen molar-refractivity contribution in [1.29, 1.82) is 0 Å². The number of hydrogen-bond acceptors (Lipinski definition) is 4. The van der Waals surface area contributed by atoms with Crippen LogP contribution in [0.2, 0.25) is 0 Å². The molecule has 2 rings (SSSR count). The van der Waals surface area contributed by atoms with Crippen LogP contribution in [-0.4, -0.2) is 23.6 Å². The number of amides is 1. The van der Waals surface area contributed by atoms with Crippen LogP contribution in [0.5, 0.6) is 11.5 Å². The summed E-state index contributed by atoms with van der Waals surface area (Å²) >= 11 is 0. The molecule has 6 heteroatoms. The number of anilines is 1. The third-order valence-corrected chi connectivity index (χ3v) is 4.39. The first kappa shape index (κ1) is 19.3. The molecule has 2 N–H and O–H groups in total.